The van der Waals surface area contributed by atoms with Gasteiger partial charge in [0.25, 0.3) is 11.6 Å². The number of para-hydroxylation sites is 1. The summed E-state index contributed by atoms with van der Waals surface area (Å²) >= 11 is 1.18. The first-order valence-corrected chi connectivity index (χ1v) is 9.30. The lowest BCUT2D eigenvalue weighted by Gasteiger charge is -2.13. The molecule has 27 heavy (non-hydrogen) atoms. The fourth-order valence-electron chi connectivity index (χ4n) is 2.37. The lowest BCUT2D eigenvalue weighted by atomic mass is 10.1. The van der Waals surface area contributed by atoms with E-state index >= 15 is 0 Å². The van der Waals surface area contributed by atoms with Gasteiger partial charge in [0.1, 0.15) is 0 Å². The van der Waals surface area contributed by atoms with E-state index in [0.717, 1.165) is 23.2 Å². The highest BCUT2D eigenvalue weighted by Gasteiger charge is 2.12. The van der Waals surface area contributed by atoms with Gasteiger partial charge in [-0.2, -0.15) is 0 Å². The molecular weight excluding hydrogens is 368 g/mol. The summed E-state index contributed by atoms with van der Waals surface area (Å²) in [6.07, 6.45) is 0.781. The molecule has 1 amide bonds. The molecule has 142 valence electrons. The van der Waals surface area contributed by atoms with Crippen molar-refractivity contribution >= 4 is 35.0 Å². The molecule has 0 saturated heterocycles. The highest BCUT2D eigenvalue weighted by Crippen LogP contribution is 2.22. The Morgan fingerprint density at radius 2 is 1.89 bits per heavy atom. The van der Waals surface area contributed by atoms with Gasteiger partial charge in [0.15, 0.2) is 6.61 Å². The number of carbonyl (C=O) groups excluding carboxylic acids is 2. The Morgan fingerprint density at radius 3 is 2.52 bits per heavy atom. The number of nitro groups is 1. The van der Waals surface area contributed by atoms with Gasteiger partial charge in [-0.3, -0.25) is 19.7 Å². The largest absolute Gasteiger partial charge is 0.455 e. The van der Waals surface area contributed by atoms with Gasteiger partial charge in [-0.1, -0.05) is 25.1 Å². The number of ether oxygens (including phenoxy) is 1. The van der Waals surface area contributed by atoms with Crippen LogP contribution in [-0.4, -0.2) is 29.2 Å². The number of nitrogens with one attached hydrogen (secondary N) is 1. The van der Waals surface area contributed by atoms with Crippen LogP contribution in [0.3, 0.4) is 0 Å². The van der Waals surface area contributed by atoms with Gasteiger partial charge in [-0.15, -0.1) is 11.8 Å². The molecule has 0 atom stereocenters. The first kappa shape index (κ1) is 20.4. The molecule has 0 unspecified atom stereocenters. The summed E-state index contributed by atoms with van der Waals surface area (Å²) in [6.45, 7) is 3.54. The Hall–Kier alpha value is -2.87. The van der Waals surface area contributed by atoms with Crippen molar-refractivity contribution in [1.29, 1.82) is 0 Å². The van der Waals surface area contributed by atoms with Crippen LogP contribution in [0.5, 0.6) is 0 Å². The number of hydrogen-bond donors (Lipinski definition) is 1. The van der Waals surface area contributed by atoms with Crippen LogP contribution >= 0.6 is 11.8 Å². The zero-order valence-electron chi connectivity index (χ0n) is 15.1. The van der Waals surface area contributed by atoms with Gasteiger partial charge in [-0.05, 0) is 36.6 Å². The number of carbonyl (C=O) groups is 2. The van der Waals surface area contributed by atoms with Crippen molar-refractivity contribution in [3.63, 3.8) is 0 Å². The van der Waals surface area contributed by atoms with Crippen molar-refractivity contribution in [2.24, 2.45) is 0 Å². The van der Waals surface area contributed by atoms with Crippen molar-refractivity contribution in [1.82, 2.24) is 0 Å². The summed E-state index contributed by atoms with van der Waals surface area (Å²) in [4.78, 5) is 34.7. The van der Waals surface area contributed by atoms with Crippen LogP contribution in [-0.2, 0) is 20.7 Å². The van der Waals surface area contributed by atoms with Crippen LogP contribution in [0.4, 0.5) is 11.4 Å². The second kappa shape index (κ2) is 9.72. The molecule has 0 aliphatic heterocycles. The summed E-state index contributed by atoms with van der Waals surface area (Å²) in [5, 5.41) is 13.4. The maximum Gasteiger partial charge on any atom is 0.316 e. The molecule has 0 aromatic heterocycles. The van der Waals surface area contributed by atoms with Gasteiger partial charge >= 0.3 is 5.97 Å². The van der Waals surface area contributed by atoms with E-state index in [1.54, 1.807) is 12.1 Å². The third-order valence-corrected chi connectivity index (χ3v) is 4.76. The molecule has 0 aliphatic rings. The number of nitrogens with zero attached hydrogens (tertiary/aromatic N) is 1. The molecule has 1 N–H and O–H groups in total. The molecule has 2 aromatic rings. The van der Waals surface area contributed by atoms with Crippen LogP contribution in [0.15, 0.2) is 47.4 Å². The van der Waals surface area contributed by atoms with E-state index in [9.17, 15) is 19.7 Å². The number of thioether (sulfide) groups is 1. The summed E-state index contributed by atoms with van der Waals surface area (Å²) in [5.41, 5.74) is 2.70. The van der Waals surface area contributed by atoms with Crippen molar-refractivity contribution < 1.29 is 19.2 Å². The maximum atomic E-state index is 12.1. The van der Waals surface area contributed by atoms with Crippen molar-refractivity contribution in [3.05, 3.63) is 63.7 Å². The fraction of sp³-hybridized carbons (Fsp3) is 0.263. The summed E-state index contributed by atoms with van der Waals surface area (Å²) in [5.74, 6) is -0.919. The highest BCUT2D eigenvalue weighted by molar-refractivity contribution is 8.00. The average Bonchev–Trinajstić information content (AvgIpc) is 2.66. The Morgan fingerprint density at radius 1 is 1.19 bits per heavy atom. The van der Waals surface area contributed by atoms with Crippen molar-refractivity contribution in [3.8, 4) is 0 Å². The maximum absolute atomic E-state index is 12.1. The number of hydrogen-bond acceptors (Lipinski definition) is 6. The zero-order chi connectivity index (χ0) is 19.8. The monoisotopic (exact) mass is 388 g/mol. The number of benzene rings is 2. The molecule has 2 rings (SSSR count). The second-order valence-corrected chi connectivity index (χ2v) is 6.76. The molecule has 0 saturated carbocycles. The van der Waals surface area contributed by atoms with Gasteiger partial charge in [0.2, 0.25) is 0 Å². The zero-order valence-corrected chi connectivity index (χ0v) is 15.9. The Bertz CT molecular complexity index is 836. The number of non-ortho nitro benzene ring substituents is 1. The predicted molar refractivity (Wildman–Crippen MR) is 104 cm³/mol. The third-order valence-electron chi connectivity index (χ3n) is 3.77. The summed E-state index contributed by atoms with van der Waals surface area (Å²) in [6, 6.07) is 11.6. The lowest BCUT2D eigenvalue weighted by molar-refractivity contribution is -0.384. The van der Waals surface area contributed by atoms with Crippen LogP contribution in [0.25, 0.3) is 0 Å². The molecule has 0 fully saturated rings. The first-order valence-electron chi connectivity index (χ1n) is 8.32. The van der Waals surface area contributed by atoms with Gasteiger partial charge in [-0.25, -0.2) is 0 Å². The quantitative estimate of drug-likeness (QED) is 0.320. The fourth-order valence-corrected chi connectivity index (χ4v) is 3.07. The van der Waals surface area contributed by atoms with E-state index in [4.69, 9.17) is 4.74 Å². The van der Waals surface area contributed by atoms with Crippen LogP contribution < -0.4 is 5.32 Å². The molecule has 0 radical (unpaired) electrons. The van der Waals surface area contributed by atoms with E-state index in [2.05, 4.69) is 5.32 Å². The minimum absolute atomic E-state index is 0.00959. The Balaban J connectivity index is 1.80. The Labute approximate surface area is 161 Å². The summed E-state index contributed by atoms with van der Waals surface area (Å²) < 4.78 is 4.99. The number of nitro benzene ring substituents is 1. The van der Waals surface area contributed by atoms with E-state index < -0.39 is 16.8 Å². The number of aryl methyl sites for hydroxylation is 2. The van der Waals surface area contributed by atoms with Gasteiger partial charge < -0.3 is 10.1 Å². The Kier molecular flexibility index (Phi) is 7.36. The standard InChI is InChI=1S/C19H20N2O5S/c1-3-14-6-4-5-13(2)19(14)20-17(22)11-26-18(23)12-27-16-9-7-15(8-10-16)21(24)25/h4-10H,3,11-12H2,1-2H3,(H,20,22). The van der Waals surface area contributed by atoms with Crippen LogP contribution in [0, 0.1) is 17.0 Å². The second-order valence-electron chi connectivity index (χ2n) is 5.71. The molecule has 0 aliphatic carbocycles. The van der Waals surface area contributed by atoms with Gasteiger partial charge in [0, 0.05) is 22.7 Å². The molecule has 7 nitrogen and oxygen atoms in total. The van der Waals surface area contributed by atoms with E-state index in [1.807, 2.05) is 32.0 Å². The molecule has 8 heteroatoms. The lowest BCUT2D eigenvalue weighted by Crippen LogP contribution is -2.22. The van der Waals surface area contributed by atoms with Gasteiger partial charge in [0.05, 0.1) is 10.7 Å². The first-order chi connectivity index (χ1) is 12.9. The van der Waals surface area contributed by atoms with E-state index in [0.29, 0.717) is 4.90 Å². The van der Waals surface area contributed by atoms with E-state index in [-0.39, 0.29) is 18.0 Å². The topological polar surface area (TPSA) is 98.5 Å². The molecule has 0 bridgehead atoms. The van der Waals surface area contributed by atoms with E-state index in [1.165, 1.54) is 23.9 Å². The highest BCUT2D eigenvalue weighted by atomic mass is 32.2. The minimum Gasteiger partial charge on any atom is -0.455 e. The van der Waals surface area contributed by atoms with Crippen molar-refractivity contribution in [2.75, 3.05) is 17.7 Å². The van der Waals surface area contributed by atoms with Crippen LogP contribution in [0.2, 0.25) is 0 Å². The molecule has 0 spiro atoms. The number of amides is 1. The molecular formula is C19H20N2O5S. The number of rotatable bonds is 8. The average molecular weight is 388 g/mol. The SMILES string of the molecule is CCc1cccc(C)c1NC(=O)COC(=O)CSc1ccc([N+](=O)[O-])cc1. The third kappa shape index (κ3) is 6.10. The summed E-state index contributed by atoms with van der Waals surface area (Å²) in [7, 11) is 0. The molecule has 0 heterocycles. The van der Waals surface area contributed by atoms with Crippen molar-refractivity contribution in [2.45, 2.75) is 25.2 Å². The van der Waals surface area contributed by atoms with Crippen LogP contribution in [0.1, 0.15) is 18.1 Å². The predicted octanol–water partition coefficient (Wildman–Crippen LogP) is 3.74. The minimum atomic E-state index is -0.533. The number of anilines is 1. The smallest absolute Gasteiger partial charge is 0.316 e. The number of esters is 1. The normalized spacial score (nSPS) is 10.3. The molecule has 2 aromatic carbocycles.